The fraction of sp³-hybridized carbons (Fsp3) is 0.333. The number of nitriles is 1. The molecule has 1 aliphatic rings. The van der Waals surface area contributed by atoms with Crippen LogP contribution in [0.25, 0.3) is 11.3 Å². The lowest BCUT2D eigenvalue weighted by Crippen LogP contribution is -2.27. The lowest BCUT2D eigenvalue weighted by atomic mass is 9.98. The second-order valence-electron chi connectivity index (χ2n) is 4.90. The van der Waals surface area contributed by atoms with Crippen molar-refractivity contribution in [3.8, 4) is 17.3 Å². The lowest BCUT2D eigenvalue weighted by Gasteiger charge is -2.20. The predicted octanol–water partition coefficient (Wildman–Crippen LogP) is 3.26. The van der Waals surface area contributed by atoms with E-state index in [9.17, 15) is 0 Å². The molecular formula is C15H18Cl2N4. The molecule has 0 amide bonds. The number of H-pyrrole nitrogens is 1. The molecular weight excluding hydrogens is 307 g/mol. The van der Waals surface area contributed by atoms with Crippen molar-refractivity contribution in [2.75, 3.05) is 13.1 Å². The molecule has 0 radical (unpaired) electrons. The van der Waals surface area contributed by atoms with E-state index in [4.69, 9.17) is 5.26 Å². The van der Waals surface area contributed by atoms with Crippen molar-refractivity contribution in [1.29, 1.82) is 5.26 Å². The summed E-state index contributed by atoms with van der Waals surface area (Å²) in [6.07, 6.45) is 4.13. The van der Waals surface area contributed by atoms with Crippen molar-refractivity contribution in [3.05, 3.63) is 41.9 Å². The van der Waals surface area contributed by atoms with E-state index in [-0.39, 0.29) is 24.8 Å². The highest BCUT2D eigenvalue weighted by atomic mass is 35.5. The molecule has 4 nitrogen and oxygen atoms in total. The van der Waals surface area contributed by atoms with Gasteiger partial charge in [-0.15, -0.1) is 24.8 Å². The molecule has 3 rings (SSSR count). The first-order valence-corrected chi connectivity index (χ1v) is 6.63. The van der Waals surface area contributed by atoms with Crippen LogP contribution in [-0.4, -0.2) is 23.1 Å². The van der Waals surface area contributed by atoms with Gasteiger partial charge in [0.05, 0.1) is 23.5 Å². The van der Waals surface area contributed by atoms with E-state index < -0.39 is 0 Å². The molecule has 6 heteroatoms. The van der Waals surface area contributed by atoms with Crippen LogP contribution >= 0.6 is 24.8 Å². The smallest absolute Gasteiger partial charge is 0.109 e. The molecule has 1 aromatic heterocycles. The number of aromatic amines is 1. The molecule has 0 bridgehead atoms. The van der Waals surface area contributed by atoms with Crippen LogP contribution in [0.1, 0.15) is 30.1 Å². The number of imidazole rings is 1. The summed E-state index contributed by atoms with van der Waals surface area (Å²) in [4.78, 5) is 7.91. The molecule has 0 unspecified atom stereocenters. The van der Waals surface area contributed by atoms with Crippen molar-refractivity contribution < 1.29 is 0 Å². The summed E-state index contributed by atoms with van der Waals surface area (Å²) in [7, 11) is 0. The minimum Gasteiger partial charge on any atom is -0.342 e. The Bertz CT molecular complexity index is 612. The minimum atomic E-state index is 0. The van der Waals surface area contributed by atoms with Gasteiger partial charge in [0.25, 0.3) is 0 Å². The Kier molecular flexibility index (Phi) is 6.70. The topological polar surface area (TPSA) is 64.5 Å². The van der Waals surface area contributed by atoms with Gasteiger partial charge in [-0.05, 0) is 38.1 Å². The maximum Gasteiger partial charge on any atom is 0.109 e. The molecule has 1 saturated heterocycles. The van der Waals surface area contributed by atoms with Crippen LogP contribution in [-0.2, 0) is 0 Å². The van der Waals surface area contributed by atoms with Crippen LogP contribution in [0.2, 0.25) is 0 Å². The summed E-state index contributed by atoms with van der Waals surface area (Å²) in [5, 5.41) is 12.3. The van der Waals surface area contributed by atoms with Gasteiger partial charge in [0.1, 0.15) is 5.82 Å². The van der Waals surface area contributed by atoms with Crippen LogP contribution in [0, 0.1) is 11.3 Å². The van der Waals surface area contributed by atoms with E-state index in [1.54, 1.807) is 0 Å². The Hall–Kier alpha value is -1.54. The van der Waals surface area contributed by atoms with Crippen molar-refractivity contribution in [3.63, 3.8) is 0 Å². The average Bonchev–Trinajstić information content (AvgIpc) is 2.98. The molecule has 1 fully saturated rings. The molecule has 2 heterocycles. The fourth-order valence-electron chi connectivity index (χ4n) is 2.54. The zero-order valence-corrected chi connectivity index (χ0v) is 13.1. The molecule has 1 aromatic carbocycles. The summed E-state index contributed by atoms with van der Waals surface area (Å²) in [6.45, 7) is 2.12. The van der Waals surface area contributed by atoms with Gasteiger partial charge in [0.15, 0.2) is 0 Å². The summed E-state index contributed by atoms with van der Waals surface area (Å²) in [5.74, 6) is 1.59. The van der Waals surface area contributed by atoms with Gasteiger partial charge >= 0.3 is 0 Å². The Labute approximate surface area is 136 Å². The monoisotopic (exact) mass is 324 g/mol. The summed E-state index contributed by atoms with van der Waals surface area (Å²) in [5.41, 5.74) is 2.69. The van der Waals surface area contributed by atoms with Gasteiger partial charge < -0.3 is 10.3 Å². The molecule has 21 heavy (non-hydrogen) atoms. The van der Waals surface area contributed by atoms with Crippen molar-refractivity contribution >= 4 is 24.8 Å². The summed E-state index contributed by atoms with van der Waals surface area (Å²) >= 11 is 0. The largest absolute Gasteiger partial charge is 0.342 e. The average molecular weight is 325 g/mol. The third-order valence-corrected chi connectivity index (χ3v) is 3.62. The molecule has 0 atom stereocenters. The van der Waals surface area contributed by atoms with Crippen LogP contribution in [0.3, 0.4) is 0 Å². The minimum absolute atomic E-state index is 0. The van der Waals surface area contributed by atoms with Gasteiger partial charge in [-0.3, -0.25) is 0 Å². The van der Waals surface area contributed by atoms with Gasteiger partial charge in [0, 0.05) is 11.5 Å². The number of hydrogen-bond acceptors (Lipinski definition) is 3. The first-order chi connectivity index (χ1) is 9.36. The van der Waals surface area contributed by atoms with Crippen molar-refractivity contribution in [2.45, 2.75) is 18.8 Å². The fourth-order valence-corrected chi connectivity index (χ4v) is 2.54. The molecule has 0 saturated carbocycles. The lowest BCUT2D eigenvalue weighted by molar-refractivity contribution is 0.447. The number of nitrogens with one attached hydrogen (secondary N) is 2. The quantitative estimate of drug-likeness (QED) is 0.891. The highest BCUT2D eigenvalue weighted by Crippen LogP contribution is 2.25. The number of rotatable bonds is 2. The Morgan fingerprint density at radius 3 is 2.67 bits per heavy atom. The first kappa shape index (κ1) is 17.5. The summed E-state index contributed by atoms with van der Waals surface area (Å²) < 4.78 is 0. The third kappa shape index (κ3) is 3.98. The number of aromatic nitrogens is 2. The molecule has 0 spiro atoms. The van der Waals surface area contributed by atoms with Gasteiger partial charge in [-0.2, -0.15) is 5.26 Å². The summed E-state index contributed by atoms with van der Waals surface area (Å²) in [6, 6.07) is 9.77. The molecule has 0 aliphatic carbocycles. The maximum absolute atomic E-state index is 8.94. The Balaban J connectivity index is 0.00000110. The SMILES string of the molecule is Cl.Cl.N#Cc1cccc(-c2cnc(C3CCNCC3)[nH]2)c1. The standard InChI is InChI=1S/C15H16N4.2ClH/c16-9-11-2-1-3-13(8-11)14-10-18-15(19-14)12-4-6-17-7-5-12;;/h1-3,8,10,12,17H,4-7H2,(H,18,19);2*1H. The van der Waals surface area contributed by atoms with Crippen LogP contribution < -0.4 is 5.32 Å². The maximum atomic E-state index is 8.94. The van der Waals surface area contributed by atoms with Crippen molar-refractivity contribution in [2.24, 2.45) is 0 Å². The number of benzene rings is 1. The van der Waals surface area contributed by atoms with Crippen LogP contribution in [0.15, 0.2) is 30.5 Å². The molecule has 2 aromatic rings. The molecule has 112 valence electrons. The second-order valence-corrected chi connectivity index (χ2v) is 4.90. The Morgan fingerprint density at radius 2 is 1.95 bits per heavy atom. The number of piperidine rings is 1. The van der Waals surface area contributed by atoms with Crippen LogP contribution in [0.5, 0.6) is 0 Å². The zero-order chi connectivity index (χ0) is 13.1. The van der Waals surface area contributed by atoms with E-state index in [0.717, 1.165) is 43.0 Å². The normalized spacial score (nSPS) is 14.6. The van der Waals surface area contributed by atoms with E-state index in [2.05, 4.69) is 21.4 Å². The van der Waals surface area contributed by atoms with E-state index in [1.165, 1.54) is 0 Å². The second kappa shape index (κ2) is 8.04. The number of halogens is 2. The highest BCUT2D eigenvalue weighted by Gasteiger charge is 2.18. The number of hydrogen-bond donors (Lipinski definition) is 2. The zero-order valence-electron chi connectivity index (χ0n) is 11.5. The van der Waals surface area contributed by atoms with E-state index >= 15 is 0 Å². The van der Waals surface area contributed by atoms with E-state index in [1.807, 2.05) is 30.5 Å². The first-order valence-electron chi connectivity index (χ1n) is 6.63. The van der Waals surface area contributed by atoms with Gasteiger partial charge in [-0.1, -0.05) is 12.1 Å². The Morgan fingerprint density at radius 1 is 1.19 bits per heavy atom. The van der Waals surface area contributed by atoms with Gasteiger partial charge in [-0.25, -0.2) is 4.98 Å². The molecule has 1 aliphatic heterocycles. The van der Waals surface area contributed by atoms with E-state index in [0.29, 0.717) is 11.5 Å². The van der Waals surface area contributed by atoms with Crippen molar-refractivity contribution in [1.82, 2.24) is 15.3 Å². The predicted molar refractivity (Wildman–Crippen MR) is 88.1 cm³/mol. The number of nitrogens with zero attached hydrogens (tertiary/aromatic N) is 2. The van der Waals surface area contributed by atoms with Crippen LogP contribution in [0.4, 0.5) is 0 Å². The third-order valence-electron chi connectivity index (χ3n) is 3.62. The molecule has 2 N–H and O–H groups in total. The highest BCUT2D eigenvalue weighted by molar-refractivity contribution is 5.85. The van der Waals surface area contributed by atoms with Gasteiger partial charge in [0.2, 0.25) is 0 Å².